The summed E-state index contributed by atoms with van der Waals surface area (Å²) in [6, 6.07) is 3.11. The molecule has 0 bridgehead atoms. The molecule has 0 aromatic carbocycles. The van der Waals surface area contributed by atoms with Gasteiger partial charge in [-0.2, -0.15) is 5.10 Å². The van der Waals surface area contributed by atoms with Crippen LogP contribution in [0.1, 0.15) is 16.2 Å². The molecule has 94 valence electrons. The molecule has 0 unspecified atom stereocenters. The molecule has 2 aromatic heterocycles. The molecule has 0 radical (unpaired) electrons. The number of nitrogens with zero attached hydrogens (tertiary/aromatic N) is 3. The van der Waals surface area contributed by atoms with Crippen LogP contribution < -0.4 is 10.6 Å². The van der Waals surface area contributed by atoms with Crippen LogP contribution in [-0.2, 0) is 6.54 Å². The fourth-order valence-electron chi connectivity index (χ4n) is 1.34. The smallest absolute Gasteiger partial charge is 0.251 e. The molecule has 2 heterocycles. The van der Waals surface area contributed by atoms with Gasteiger partial charge in [-0.15, -0.1) is 0 Å². The Balaban J connectivity index is 2.06. The second-order valence-electron chi connectivity index (χ2n) is 3.43. The van der Waals surface area contributed by atoms with E-state index in [4.69, 9.17) is 11.6 Å². The molecule has 0 aliphatic carbocycles. The highest BCUT2D eigenvalue weighted by Gasteiger charge is 2.09. The first-order chi connectivity index (χ1) is 8.69. The van der Waals surface area contributed by atoms with Crippen LogP contribution in [0.15, 0.2) is 18.5 Å². The Morgan fingerprint density at radius 3 is 3.00 bits per heavy atom. The van der Waals surface area contributed by atoms with Crippen LogP contribution in [-0.4, -0.2) is 33.1 Å². The third-order valence-electron chi connectivity index (χ3n) is 2.19. The van der Waals surface area contributed by atoms with Crippen LogP contribution >= 0.6 is 11.6 Å². The number of aromatic amines is 1. The molecule has 0 fully saturated rings. The summed E-state index contributed by atoms with van der Waals surface area (Å²) >= 11 is 5.81. The number of hydrogen-bond acceptors (Lipinski definition) is 5. The quantitative estimate of drug-likeness (QED) is 0.712. The summed E-state index contributed by atoms with van der Waals surface area (Å²) in [5.74, 6) is 0.858. The summed E-state index contributed by atoms with van der Waals surface area (Å²) in [5, 5.41) is 12.1. The van der Waals surface area contributed by atoms with Gasteiger partial charge in [-0.1, -0.05) is 11.6 Å². The van der Waals surface area contributed by atoms with E-state index in [1.807, 2.05) is 0 Å². The third kappa shape index (κ3) is 2.95. The summed E-state index contributed by atoms with van der Waals surface area (Å²) in [6.45, 7) is 0.271. The summed E-state index contributed by atoms with van der Waals surface area (Å²) in [4.78, 5) is 19.8. The van der Waals surface area contributed by atoms with E-state index in [0.29, 0.717) is 17.2 Å². The molecule has 0 aliphatic rings. The van der Waals surface area contributed by atoms with Crippen LogP contribution in [0.5, 0.6) is 0 Å². The van der Waals surface area contributed by atoms with E-state index in [-0.39, 0.29) is 17.6 Å². The Labute approximate surface area is 108 Å². The van der Waals surface area contributed by atoms with Gasteiger partial charge in [-0.3, -0.25) is 9.89 Å². The Morgan fingerprint density at radius 2 is 2.33 bits per heavy atom. The van der Waals surface area contributed by atoms with Crippen molar-refractivity contribution in [3.05, 3.63) is 35.0 Å². The van der Waals surface area contributed by atoms with E-state index >= 15 is 0 Å². The van der Waals surface area contributed by atoms with Gasteiger partial charge < -0.3 is 10.6 Å². The minimum absolute atomic E-state index is 0.256. The molecule has 0 aliphatic heterocycles. The summed E-state index contributed by atoms with van der Waals surface area (Å²) in [6.07, 6.45) is 1.38. The van der Waals surface area contributed by atoms with E-state index in [1.165, 1.54) is 12.4 Å². The zero-order valence-electron chi connectivity index (χ0n) is 9.57. The topological polar surface area (TPSA) is 95.6 Å². The lowest BCUT2D eigenvalue weighted by Crippen LogP contribution is -2.23. The fourth-order valence-corrected chi connectivity index (χ4v) is 1.55. The highest BCUT2D eigenvalue weighted by Crippen LogP contribution is 2.14. The number of nitrogens with one attached hydrogen (secondary N) is 3. The number of rotatable bonds is 4. The lowest BCUT2D eigenvalue weighted by Gasteiger charge is -2.06. The predicted octanol–water partition coefficient (Wildman–Crippen LogP) is 0.825. The van der Waals surface area contributed by atoms with Crippen molar-refractivity contribution in [2.45, 2.75) is 6.54 Å². The molecule has 0 saturated heterocycles. The monoisotopic (exact) mass is 266 g/mol. The van der Waals surface area contributed by atoms with Gasteiger partial charge in [0.05, 0.1) is 6.54 Å². The number of aromatic nitrogens is 4. The van der Waals surface area contributed by atoms with Crippen LogP contribution in [0, 0.1) is 0 Å². The summed E-state index contributed by atoms with van der Waals surface area (Å²) in [5.41, 5.74) is 0.430. The lowest BCUT2D eigenvalue weighted by atomic mass is 10.2. The number of H-pyrrole nitrogens is 1. The van der Waals surface area contributed by atoms with Crippen molar-refractivity contribution < 1.29 is 4.79 Å². The second-order valence-corrected chi connectivity index (χ2v) is 3.82. The molecular weight excluding hydrogens is 256 g/mol. The van der Waals surface area contributed by atoms with Crippen molar-refractivity contribution in [3.63, 3.8) is 0 Å². The van der Waals surface area contributed by atoms with Crippen molar-refractivity contribution >= 4 is 23.3 Å². The Kier molecular flexibility index (Phi) is 3.73. The van der Waals surface area contributed by atoms with Gasteiger partial charge in [0, 0.05) is 12.6 Å². The van der Waals surface area contributed by atoms with Crippen molar-refractivity contribution in [2.24, 2.45) is 0 Å². The van der Waals surface area contributed by atoms with Crippen LogP contribution in [0.4, 0.5) is 5.82 Å². The molecule has 2 aromatic rings. The van der Waals surface area contributed by atoms with Crippen LogP contribution in [0.3, 0.4) is 0 Å². The third-order valence-corrected chi connectivity index (χ3v) is 2.39. The standard InChI is InChI=1S/C10H11ClN6O/c1-12-8-3-6(2-7(11)16-8)10(18)13-4-9-14-5-15-17-9/h2-3,5H,4H2,1H3,(H,12,16)(H,13,18)(H,14,15,17). The number of hydrogen-bond donors (Lipinski definition) is 3. The van der Waals surface area contributed by atoms with Gasteiger partial charge >= 0.3 is 0 Å². The van der Waals surface area contributed by atoms with Gasteiger partial charge in [0.1, 0.15) is 23.1 Å². The number of halogens is 1. The van der Waals surface area contributed by atoms with Crippen LogP contribution in [0.2, 0.25) is 5.15 Å². The number of pyridine rings is 1. The summed E-state index contributed by atoms with van der Waals surface area (Å²) < 4.78 is 0. The van der Waals surface area contributed by atoms with Gasteiger partial charge in [-0.25, -0.2) is 9.97 Å². The highest BCUT2D eigenvalue weighted by molar-refractivity contribution is 6.29. The molecule has 1 amide bonds. The van der Waals surface area contributed by atoms with Crippen molar-refractivity contribution in [2.75, 3.05) is 12.4 Å². The lowest BCUT2D eigenvalue weighted by molar-refractivity contribution is 0.0950. The number of amides is 1. The van der Waals surface area contributed by atoms with Crippen LogP contribution in [0.25, 0.3) is 0 Å². The van der Waals surface area contributed by atoms with Crippen molar-refractivity contribution in [1.29, 1.82) is 0 Å². The molecule has 2 rings (SSSR count). The fraction of sp³-hybridized carbons (Fsp3) is 0.200. The molecule has 0 atom stereocenters. The average molecular weight is 267 g/mol. The molecule has 3 N–H and O–H groups in total. The Morgan fingerprint density at radius 1 is 1.50 bits per heavy atom. The maximum absolute atomic E-state index is 11.9. The first-order valence-electron chi connectivity index (χ1n) is 5.17. The number of carbonyl (C=O) groups is 1. The minimum atomic E-state index is -0.257. The largest absolute Gasteiger partial charge is 0.373 e. The SMILES string of the molecule is CNc1cc(C(=O)NCc2ncn[nH]2)cc(Cl)n1. The molecule has 7 nitrogen and oxygen atoms in total. The first-order valence-corrected chi connectivity index (χ1v) is 5.54. The van der Waals surface area contributed by atoms with E-state index in [1.54, 1.807) is 13.1 Å². The minimum Gasteiger partial charge on any atom is -0.373 e. The second kappa shape index (κ2) is 5.46. The first kappa shape index (κ1) is 12.3. The predicted molar refractivity (Wildman–Crippen MR) is 66.3 cm³/mol. The normalized spacial score (nSPS) is 10.1. The van der Waals surface area contributed by atoms with Gasteiger partial charge in [0.2, 0.25) is 0 Å². The van der Waals surface area contributed by atoms with E-state index in [9.17, 15) is 4.79 Å². The molecule has 0 spiro atoms. The van der Waals surface area contributed by atoms with Gasteiger partial charge in [0.25, 0.3) is 5.91 Å². The van der Waals surface area contributed by atoms with Gasteiger partial charge in [0.15, 0.2) is 0 Å². The Bertz CT molecular complexity index is 541. The number of carbonyl (C=O) groups excluding carboxylic acids is 1. The molecular formula is C10H11ClN6O. The maximum Gasteiger partial charge on any atom is 0.251 e. The van der Waals surface area contributed by atoms with Crippen molar-refractivity contribution in [1.82, 2.24) is 25.5 Å². The number of anilines is 1. The zero-order valence-corrected chi connectivity index (χ0v) is 10.3. The Hall–Kier alpha value is -2.15. The average Bonchev–Trinajstić information content (AvgIpc) is 2.88. The van der Waals surface area contributed by atoms with Crippen molar-refractivity contribution in [3.8, 4) is 0 Å². The molecule has 0 saturated carbocycles. The molecule has 8 heteroatoms. The zero-order chi connectivity index (χ0) is 13.0. The van der Waals surface area contributed by atoms with E-state index in [0.717, 1.165) is 0 Å². The highest BCUT2D eigenvalue weighted by atomic mass is 35.5. The molecule has 18 heavy (non-hydrogen) atoms. The summed E-state index contributed by atoms with van der Waals surface area (Å²) in [7, 11) is 1.70. The van der Waals surface area contributed by atoms with E-state index in [2.05, 4.69) is 30.8 Å². The maximum atomic E-state index is 11.9. The van der Waals surface area contributed by atoms with Gasteiger partial charge in [-0.05, 0) is 12.1 Å². The van der Waals surface area contributed by atoms with E-state index < -0.39 is 0 Å².